The smallest absolute Gasteiger partial charge is 0.326 e. The summed E-state index contributed by atoms with van der Waals surface area (Å²) in [5.74, 6) is 0. The lowest BCUT2D eigenvalue weighted by atomic mass is 9.90. The number of aliphatic hydroxyl groups is 1. The molecule has 1 aromatic rings. The van der Waals surface area contributed by atoms with Gasteiger partial charge in [0, 0.05) is 0 Å². The molecule has 0 spiro atoms. The lowest BCUT2D eigenvalue weighted by Crippen LogP contribution is -2.35. The van der Waals surface area contributed by atoms with Gasteiger partial charge in [0.15, 0.2) is 0 Å². The SMILES string of the molecule is C=CCC(O)(CC=C)c1[nH]c(=O)[nH]c(=O)c1N. The van der Waals surface area contributed by atoms with Crippen molar-refractivity contribution in [2.75, 3.05) is 5.73 Å². The van der Waals surface area contributed by atoms with Gasteiger partial charge >= 0.3 is 5.69 Å². The maximum absolute atomic E-state index is 11.4. The van der Waals surface area contributed by atoms with Crippen molar-refractivity contribution in [1.29, 1.82) is 0 Å². The number of hydrogen-bond acceptors (Lipinski definition) is 4. The lowest BCUT2D eigenvalue weighted by molar-refractivity contribution is 0.0388. The average Bonchev–Trinajstić information content (AvgIpc) is 2.24. The van der Waals surface area contributed by atoms with Crippen LogP contribution in [0.5, 0.6) is 0 Å². The molecule has 0 unspecified atom stereocenters. The summed E-state index contributed by atoms with van der Waals surface area (Å²) >= 11 is 0. The molecule has 0 aromatic carbocycles. The van der Waals surface area contributed by atoms with E-state index in [2.05, 4.69) is 18.1 Å². The van der Waals surface area contributed by atoms with Crippen LogP contribution in [0.15, 0.2) is 34.9 Å². The highest BCUT2D eigenvalue weighted by molar-refractivity contribution is 5.43. The number of aromatic amines is 2. The van der Waals surface area contributed by atoms with Gasteiger partial charge in [-0.25, -0.2) is 4.79 Å². The molecule has 0 saturated heterocycles. The van der Waals surface area contributed by atoms with E-state index in [9.17, 15) is 14.7 Å². The molecule has 1 heterocycles. The molecule has 0 aliphatic rings. The fourth-order valence-corrected chi connectivity index (χ4v) is 1.63. The highest BCUT2D eigenvalue weighted by Gasteiger charge is 2.30. The monoisotopic (exact) mass is 237 g/mol. The molecule has 0 atom stereocenters. The number of nitrogens with two attached hydrogens (primary N) is 1. The van der Waals surface area contributed by atoms with Crippen LogP contribution in [0.3, 0.4) is 0 Å². The van der Waals surface area contributed by atoms with Crippen LogP contribution in [0, 0.1) is 0 Å². The zero-order chi connectivity index (χ0) is 13.1. The van der Waals surface area contributed by atoms with Crippen LogP contribution >= 0.6 is 0 Å². The van der Waals surface area contributed by atoms with Gasteiger partial charge in [0.1, 0.15) is 11.3 Å². The van der Waals surface area contributed by atoms with Crippen LogP contribution in [-0.2, 0) is 5.60 Å². The van der Waals surface area contributed by atoms with Gasteiger partial charge in [0.25, 0.3) is 5.56 Å². The van der Waals surface area contributed by atoms with E-state index in [1.54, 1.807) is 0 Å². The Hall–Kier alpha value is -2.08. The van der Waals surface area contributed by atoms with Crippen molar-refractivity contribution in [2.24, 2.45) is 0 Å². The molecule has 0 bridgehead atoms. The quantitative estimate of drug-likeness (QED) is 0.539. The number of rotatable bonds is 5. The van der Waals surface area contributed by atoms with Crippen molar-refractivity contribution in [3.8, 4) is 0 Å². The molecule has 17 heavy (non-hydrogen) atoms. The standard InChI is InChI=1S/C11H15N3O3/c1-3-5-11(17,6-4-2)8-7(12)9(15)14-10(16)13-8/h3-4,17H,1-2,5-6,12H2,(H2,13,14,15,16). The Kier molecular flexibility index (Phi) is 3.69. The Bertz CT molecular complexity index is 532. The molecular formula is C11H15N3O3. The number of nitrogen functional groups attached to an aromatic ring is 1. The normalized spacial score (nSPS) is 11.1. The highest BCUT2D eigenvalue weighted by atomic mass is 16.3. The summed E-state index contributed by atoms with van der Waals surface area (Å²) < 4.78 is 0. The van der Waals surface area contributed by atoms with Crippen LogP contribution in [0.1, 0.15) is 18.5 Å². The van der Waals surface area contributed by atoms with Gasteiger partial charge in [-0.3, -0.25) is 9.78 Å². The summed E-state index contributed by atoms with van der Waals surface area (Å²) in [6.07, 6.45) is 3.23. The maximum atomic E-state index is 11.4. The van der Waals surface area contributed by atoms with Gasteiger partial charge in [-0.1, -0.05) is 12.2 Å². The Morgan fingerprint density at radius 3 is 2.24 bits per heavy atom. The van der Waals surface area contributed by atoms with E-state index in [1.807, 2.05) is 4.98 Å². The summed E-state index contributed by atoms with van der Waals surface area (Å²) in [7, 11) is 0. The Morgan fingerprint density at radius 1 is 1.24 bits per heavy atom. The van der Waals surface area contributed by atoms with E-state index in [4.69, 9.17) is 5.73 Å². The molecule has 6 nitrogen and oxygen atoms in total. The fraction of sp³-hybridized carbons (Fsp3) is 0.273. The highest BCUT2D eigenvalue weighted by Crippen LogP contribution is 2.29. The number of nitrogens with one attached hydrogen (secondary N) is 2. The zero-order valence-corrected chi connectivity index (χ0v) is 9.32. The predicted octanol–water partition coefficient (Wildman–Crippen LogP) is -0.0148. The fourth-order valence-electron chi connectivity index (χ4n) is 1.63. The first-order chi connectivity index (χ1) is 7.94. The maximum Gasteiger partial charge on any atom is 0.326 e. The van der Waals surface area contributed by atoms with Crippen molar-refractivity contribution in [3.05, 3.63) is 51.8 Å². The van der Waals surface area contributed by atoms with E-state index in [0.717, 1.165) is 0 Å². The summed E-state index contributed by atoms with van der Waals surface area (Å²) in [6.45, 7) is 7.03. The first-order valence-corrected chi connectivity index (χ1v) is 5.01. The van der Waals surface area contributed by atoms with E-state index >= 15 is 0 Å². The predicted molar refractivity (Wildman–Crippen MR) is 65.6 cm³/mol. The third-order valence-electron chi connectivity index (χ3n) is 2.41. The minimum atomic E-state index is -1.47. The topological polar surface area (TPSA) is 112 Å². The Balaban J connectivity index is 3.47. The minimum absolute atomic E-state index is 0.00829. The van der Waals surface area contributed by atoms with Crippen LogP contribution in [-0.4, -0.2) is 15.1 Å². The van der Waals surface area contributed by atoms with Crippen LogP contribution in [0.25, 0.3) is 0 Å². The van der Waals surface area contributed by atoms with Gasteiger partial charge in [0.2, 0.25) is 0 Å². The first-order valence-electron chi connectivity index (χ1n) is 5.01. The summed E-state index contributed by atoms with van der Waals surface area (Å²) in [4.78, 5) is 26.9. The summed E-state index contributed by atoms with van der Waals surface area (Å²) in [5, 5.41) is 10.4. The molecule has 0 amide bonds. The van der Waals surface area contributed by atoms with Gasteiger partial charge in [-0.05, 0) is 12.8 Å². The second-order valence-electron chi connectivity index (χ2n) is 3.71. The third kappa shape index (κ3) is 2.54. The lowest BCUT2D eigenvalue weighted by Gasteiger charge is -2.26. The van der Waals surface area contributed by atoms with E-state index in [1.165, 1.54) is 12.2 Å². The number of H-pyrrole nitrogens is 2. The number of hydrogen-bond donors (Lipinski definition) is 4. The van der Waals surface area contributed by atoms with E-state index in [0.29, 0.717) is 0 Å². The molecule has 0 radical (unpaired) electrons. The molecule has 0 fully saturated rings. The Morgan fingerprint density at radius 2 is 1.76 bits per heavy atom. The summed E-state index contributed by atoms with van der Waals surface area (Å²) in [5.41, 5.74) is 2.42. The molecule has 0 saturated carbocycles. The molecular weight excluding hydrogens is 222 g/mol. The minimum Gasteiger partial charge on any atom is -0.393 e. The van der Waals surface area contributed by atoms with Crippen molar-refractivity contribution in [3.63, 3.8) is 0 Å². The number of anilines is 1. The van der Waals surface area contributed by atoms with E-state index < -0.39 is 16.9 Å². The largest absolute Gasteiger partial charge is 0.393 e. The van der Waals surface area contributed by atoms with Crippen molar-refractivity contribution in [1.82, 2.24) is 9.97 Å². The van der Waals surface area contributed by atoms with Gasteiger partial charge in [-0.15, -0.1) is 13.2 Å². The van der Waals surface area contributed by atoms with Crippen molar-refractivity contribution >= 4 is 5.69 Å². The van der Waals surface area contributed by atoms with Crippen LogP contribution in [0.2, 0.25) is 0 Å². The molecule has 1 rings (SSSR count). The zero-order valence-electron chi connectivity index (χ0n) is 9.32. The molecule has 6 heteroatoms. The molecule has 92 valence electrons. The van der Waals surface area contributed by atoms with Gasteiger partial charge in [-0.2, -0.15) is 0 Å². The van der Waals surface area contributed by atoms with Crippen LogP contribution in [0.4, 0.5) is 5.69 Å². The number of aromatic nitrogens is 2. The molecule has 0 aliphatic heterocycles. The van der Waals surface area contributed by atoms with E-state index in [-0.39, 0.29) is 24.2 Å². The summed E-state index contributed by atoms with van der Waals surface area (Å²) in [6, 6.07) is 0. The van der Waals surface area contributed by atoms with Gasteiger partial charge < -0.3 is 15.8 Å². The molecule has 5 N–H and O–H groups in total. The Labute approximate surface area is 97.5 Å². The molecule has 1 aromatic heterocycles. The second kappa shape index (κ2) is 4.84. The second-order valence-corrected chi connectivity index (χ2v) is 3.71. The first kappa shape index (κ1) is 13.0. The average molecular weight is 237 g/mol. The van der Waals surface area contributed by atoms with Gasteiger partial charge in [0.05, 0.1) is 5.69 Å². The molecule has 0 aliphatic carbocycles. The van der Waals surface area contributed by atoms with Crippen molar-refractivity contribution in [2.45, 2.75) is 18.4 Å². The van der Waals surface area contributed by atoms with Crippen LogP contribution < -0.4 is 17.0 Å². The third-order valence-corrected chi connectivity index (χ3v) is 2.41. The van der Waals surface area contributed by atoms with Crippen molar-refractivity contribution < 1.29 is 5.11 Å².